The largest absolute Gasteiger partial charge is 0.616 e. The van der Waals surface area contributed by atoms with Crippen LogP contribution in [0.15, 0.2) is 35.6 Å². The Morgan fingerprint density at radius 1 is 1.39 bits per heavy atom. The van der Waals surface area contributed by atoms with Crippen molar-refractivity contribution in [1.82, 2.24) is 10.3 Å². The summed E-state index contributed by atoms with van der Waals surface area (Å²) < 4.78 is 38.5. The van der Waals surface area contributed by atoms with Gasteiger partial charge in [-0.3, -0.25) is 9.59 Å². The summed E-state index contributed by atoms with van der Waals surface area (Å²) in [6.45, 7) is 3.36. The molecule has 1 aromatic carbocycles. The molecule has 1 atom stereocenters. The highest BCUT2D eigenvalue weighted by atomic mass is 35.5. The van der Waals surface area contributed by atoms with E-state index in [1.807, 2.05) is 6.07 Å². The lowest BCUT2D eigenvalue weighted by Crippen LogP contribution is -2.63. The summed E-state index contributed by atoms with van der Waals surface area (Å²) in [5.74, 6) is -0.672. The first-order chi connectivity index (χ1) is 17.0. The van der Waals surface area contributed by atoms with Crippen LogP contribution >= 0.6 is 11.6 Å². The number of hydrogen-bond acceptors (Lipinski definition) is 7. The number of rotatable bonds is 6. The van der Waals surface area contributed by atoms with E-state index in [4.69, 9.17) is 11.6 Å². The van der Waals surface area contributed by atoms with Crippen LogP contribution in [0.1, 0.15) is 34.8 Å². The summed E-state index contributed by atoms with van der Waals surface area (Å²) >= 11 is 5.15. The van der Waals surface area contributed by atoms with Gasteiger partial charge in [0.2, 0.25) is 5.91 Å². The fourth-order valence-corrected chi connectivity index (χ4v) is 5.79. The van der Waals surface area contributed by atoms with Gasteiger partial charge in [-0.1, -0.05) is 11.6 Å². The number of nitriles is 1. The molecule has 1 saturated heterocycles. The molecule has 0 aliphatic carbocycles. The van der Waals surface area contributed by atoms with Crippen LogP contribution in [-0.2, 0) is 16.0 Å². The molecule has 1 fully saturated rings. The first-order valence-corrected chi connectivity index (χ1v) is 12.7. The zero-order valence-corrected chi connectivity index (χ0v) is 20.8. The summed E-state index contributed by atoms with van der Waals surface area (Å²) in [6, 6.07) is 6.64. The fraction of sp³-hybridized carbons (Fsp3) is 0.348. The molecule has 188 valence electrons. The van der Waals surface area contributed by atoms with Gasteiger partial charge in [0.25, 0.3) is 12.3 Å². The zero-order valence-electron chi connectivity index (χ0n) is 19.2. The molecule has 2 aromatic rings. The highest BCUT2D eigenvalue weighted by Crippen LogP contribution is 2.32. The number of amides is 2. The van der Waals surface area contributed by atoms with Gasteiger partial charge in [0.1, 0.15) is 28.8 Å². The molecule has 2 aliphatic rings. The van der Waals surface area contributed by atoms with Gasteiger partial charge < -0.3 is 15.2 Å². The predicted octanol–water partition coefficient (Wildman–Crippen LogP) is 3.00. The molecule has 0 radical (unpaired) electrons. The van der Waals surface area contributed by atoms with Gasteiger partial charge in [-0.25, -0.2) is 18.8 Å². The van der Waals surface area contributed by atoms with E-state index in [1.54, 1.807) is 19.9 Å². The Balaban J connectivity index is 1.65. The van der Waals surface area contributed by atoms with Crippen molar-refractivity contribution in [3.63, 3.8) is 0 Å². The van der Waals surface area contributed by atoms with Crippen molar-refractivity contribution in [2.24, 2.45) is 5.10 Å². The van der Waals surface area contributed by atoms with E-state index in [0.29, 0.717) is 5.56 Å². The zero-order chi connectivity index (χ0) is 26.2. The smallest absolute Gasteiger partial charge is 0.278 e. The number of hydrazone groups is 1. The van der Waals surface area contributed by atoms with E-state index in [2.05, 4.69) is 20.7 Å². The maximum absolute atomic E-state index is 13.5. The summed E-state index contributed by atoms with van der Waals surface area (Å²) in [4.78, 5) is 30.6. The number of pyridine rings is 1. The Labute approximate surface area is 213 Å². The Kier molecular flexibility index (Phi) is 7.17. The van der Waals surface area contributed by atoms with Crippen LogP contribution in [0.4, 0.5) is 20.3 Å². The molecule has 4 rings (SSSR count). The number of alkyl halides is 2. The molecule has 9 nitrogen and oxygen atoms in total. The lowest BCUT2D eigenvalue weighted by Gasteiger charge is -2.39. The normalized spacial score (nSPS) is 23.1. The van der Waals surface area contributed by atoms with E-state index in [1.165, 1.54) is 24.4 Å². The van der Waals surface area contributed by atoms with Crippen LogP contribution in [-0.4, -0.2) is 56.6 Å². The van der Waals surface area contributed by atoms with E-state index >= 15 is 0 Å². The lowest BCUT2D eigenvalue weighted by molar-refractivity contribution is -0.117. The molecule has 0 saturated carbocycles. The second kappa shape index (κ2) is 10.0. The average Bonchev–Trinajstić information content (AvgIpc) is 3.25. The average molecular weight is 535 g/mol. The van der Waals surface area contributed by atoms with Crippen LogP contribution in [0.5, 0.6) is 0 Å². The van der Waals surface area contributed by atoms with Gasteiger partial charge in [0.05, 0.1) is 27.9 Å². The Bertz CT molecular complexity index is 1300. The number of hydrogen-bond donors (Lipinski definition) is 2. The maximum atomic E-state index is 13.5. The Hall–Kier alpha value is -3.27. The highest BCUT2D eigenvalue weighted by molar-refractivity contribution is 7.93. The van der Waals surface area contributed by atoms with Crippen molar-refractivity contribution >= 4 is 51.8 Å². The van der Waals surface area contributed by atoms with Crippen molar-refractivity contribution in [3.8, 4) is 6.07 Å². The molecule has 3 heterocycles. The fourth-order valence-electron chi connectivity index (χ4n) is 4.10. The third-order valence-electron chi connectivity index (χ3n) is 5.78. The molecule has 1 aromatic heterocycles. The number of carbonyl (C=O) groups is 2. The van der Waals surface area contributed by atoms with Gasteiger partial charge in [-0.2, -0.15) is 10.4 Å². The number of benzene rings is 1. The SMILES string of the molecule is Cc1cc(C#N)cc(C(=O)NC2(C)C[S+]([O-])C2)c1NC(=O)C1CC(C(F)F)=NN1c1ncccc1Cl. The topological polar surface area (TPSA) is 134 Å². The molecule has 36 heavy (non-hydrogen) atoms. The van der Waals surface area contributed by atoms with E-state index in [9.17, 15) is 28.2 Å². The number of halogens is 3. The van der Waals surface area contributed by atoms with Crippen molar-refractivity contribution in [3.05, 3.63) is 52.2 Å². The second-order valence-corrected chi connectivity index (χ2v) is 10.7. The number of nitrogens with zero attached hydrogens (tertiary/aromatic N) is 4. The van der Waals surface area contributed by atoms with E-state index in [-0.39, 0.29) is 45.6 Å². The highest BCUT2D eigenvalue weighted by Gasteiger charge is 2.46. The molecule has 2 aliphatic heterocycles. The molecular weight excluding hydrogens is 514 g/mol. The molecule has 0 bridgehead atoms. The van der Waals surface area contributed by atoms with E-state index < -0.39 is 46.7 Å². The van der Waals surface area contributed by atoms with Crippen LogP contribution in [0.2, 0.25) is 5.02 Å². The van der Waals surface area contributed by atoms with Crippen LogP contribution in [0.3, 0.4) is 0 Å². The molecule has 1 unspecified atom stereocenters. The molecule has 13 heteroatoms. The number of aromatic nitrogens is 1. The van der Waals surface area contributed by atoms with Gasteiger partial charge >= 0.3 is 0 Å². The third-order valence-corrected chi connectivity index (χ3v) is 7.99. The van der Waals surface area contributed by atoms with Gasteiger partial charge in [0, 0.05) is 12.6 Å². The molecular formula is C23H21ClF2N6O3S. The van der Waals surface area contributed by atoms with Crippen molar-refractivity contribution in [1.29, 1.82) is 5.26 Å². The molecule has 2 amide bonds. The Morgan fingerprint density at radius 3 is 2.72 bits per heavy atom. The second-order valence-electron chi connectivity index (χ2n) is 8.83. The quantitative estimate of drug-likeness (QED) is 0.547. The van der Waals surface area contributed by atoms with Crippen molar-refractivity contribution in [2.45, 2.75) is 38.3 Å². The van der Waals surface area contributed by atoms with Crippen LogP contribution in [0.25, 0.3) is 0 Å². The molecule has 2 N–H and O–H groups in total. The van der Waals surface area contributed by atoms with E-state index in [0.717, 1.165) is 5.01 Å². The molecule has 0 spiro atoms. The van der Waals surface area contributed by atoms with Crippen molar-refractivity contribution < 1.29 is 22.9 Å². The van der Waals surface area contributed by atoms with Crippen molar-refractivity contribution in [2.75, 3.05) is 21.8 Å². The number of aryl methyl sites for hydroxylation is 1. The lowest BCUT2D eigenvalue weighted by atomic mass is 10.00. The standard InChI is InChI=1S/C23H21ClF2N6O3S/c1-12-6-13(9-27)7-14(21(33)30-23(2)10-36(35)11-23)18(12)29-22(34)17-8-16(19(25)26)31-32(17)20-15(24)4-3-5-28-20/h3-7,17,19H,8,10-11H2,1-2H3,(H,29,34)(H,30,33). The first-order valence-electron chi connectivity index (χ1n) is 10.8. The maximum Gasteiger partial charge on any atom is 0.278 e. The van der Waals surface area contributed by atoms with Crippen LogP contribution < -0.4 is 15.6 Å². The van der Waals surface area contributed by atoms with Crippen LogP contribution in [0, 0.1) is 18.3 Å². The first kappa shape index (κ1) is 25.8. The Morgan fingerprint density at radius 2 is 2.11 bits per heavy atom. The monoisotopic (exact) mass is 534 g/mol. The summed E-state index contributed by atoms with van der Waals surface area (Å²) in [5.41, 5.74) is -0.420. The van der Waals surface area contributed by atoms with Gasteiger partial charge in [0.15, 0.2) is 5.82 Å². The number of nitrogens with one attached hydrogen (secondary N) is 2. The number of anilines is 2. The summed E-state index contributed by atoms with van der Waals surface area (Å²) in [7, 11) is 0. The van der Waals surface area contributed by atoms with Gasteiger partial charge in [-0.05, 0) is 54.9 Å². The number of carbonyl (C=O) groups excluding carboxylic acids is 2. The minimum Gasteiger partial charge on any atom is -0.616 e. The summed E-state index contributed by atoms with van der Waals surface area (Å²) in [5, 5.41) is 19.9. The third kappa shape index (κ3) is 5.13. The summed E-state index contributed by atoms with van der Waals surface area (Å²) in [6.07, 6.45) is -1.87. The van der Waals surface area contributed by atoms with Gasteiger partial charge in [-0.15, -0.1) is 0 Å². The predicted molar refractivity (Wildman–Crippen MR) is 132 cm³/mol. The minimum absolute atomic E-state index is 0.0224. The minimum atomic E-state index is -2.89.